The van der Waals surface area contributed by atoms with Crippen molar-refractivity contribution in [3.63, 3.8) is 0 Å². The number of imidazole rings is 1. The molecule has 31 heavy (non-hydrogen) atoms. The highest BCUT2D eigenvalue weighted by atomic mass is 32.2. The summed E-state index contributed by atoms with van der Waals surface area (Å²) in [6.07, 6.45) is 4.31. The van der Waals surface area contributed by atoms with Gasteiger partial charge in [0.25, 0.3) is 0 Å². The number of ether oxygens (including phenoxy) is 2. The van der Waals surface area contributed by atoms with Crippen LogP contribution in [0.3, 0.4) is 0 Å². The van der Waals surface area contributed by atoms with Crippen LogP contribution in [-0.2, 0) is 22.9 Å². The molecule has 0 aliphatic heterocycles. The minimum atomic E-state index is -3.66. The molecule has 0 radical (unpaired) electrons. The molecule has 4 aromatic rings. The molecule has 0 unspecified atom stereocenters. The molecule has 2 N–H and O–H groups in total. The van der Waals surface area contributed by atoms with E-state index in [2.05, 4.69) is 4.98 Å². The van der Waals surface area contributed by atoms with E-state index in [1.807, 2.05) is 22.7 Å². The van der Waals surface area contributed by atoms with Gasteiger partial charge in [-0.25, -0.2) is 23.1 Å². The number of nitrogens with zero attached hydrogens (tertiary/aromatic N) is 3. The fraction of sp³-hybridized carbons (Fsp3) is 0.238. The minimum absolute atomic E-state index is 0.125. The number of aromatic nitrogens is 3. The fourth-order valence-electron chi connectivity index (χ4n) is 3.32. The second-order valence-electron chi connectivity index (χ2n) is 6.95. The van der Waals surface area contributed by atoms with E-state index < -0.39 is 10.0 Å². The van der Waals surface area contributed by atoms with Gasteiger partial charge in [0, 0.05) is 12.0 Å². The highest BCUT2D eigenvalue weighted by Crippen LogP contribution is 2.33. The molecule has 0 atom stereocenters. The van der Waals surface area contributed by atoms with Crippen LogP contribution < -0.4 is 14.6 Å². The van der Waals surface area contributed by atoms with Crippen molar-refractivity contribution in [2.75, 3.05) is 14.2 Å². The second-order valence-corrected chi connectivity index (χ2v) is 9.55. The molecule has 0 spiro atoms. The highest BCUT2D eigenvalue weighted by molar-refractivity contribution is 7.89. The zero-order valence-electron chi connectivity index (χ0n) is 17.1. The first kappa shape index (κ1) is 21.3. The van der Waals surface area contributed by atoms with E-state index in [1.54, 1.807) is 43.9 Å². The van der Waals surface area contributed by atoms with Crippen LogP contribution in [0.2, 0.25) is 0 Å². The van der Waals surface area contributed by atoms with E-state index in [0.717, 1.165) is 46.1 Å². The molecule has 2 heterocycles. The molecule has 10 heteroatoms. The summed E-state index contributed by atoms with van der Waals surface area (Å²) >= 11 is 1.56. The van der Waals surface area contributed by atoms with Gasteiger partial charge in [0.05, 0.1) is 31.0 Å². The van der Waals surface area contributed by atoms with Gasteiger partial charge in [-0.2, -0.15) is 5.10 Å². The third-order valence-corrected chi connectivity index (χ3v) is 6.83. The molecule has 162 valence electrons. The Labute approximate surface area is 184 Å². The predicted molar refractivity (Wildman–Crippen MR) is 119 cm³/mol. The molecule has 0 aliphatic carbocycles. The topological polar surface area (TPSA) is 109 Å². The van der Waals surface area contributed by atoms with Crippen LogP contribution in [0.25, 0.3) is 16.2 Å². The summed E-state index contributed by atoms with van der Waals surface area (Å²) in [6.45, 7) is 0. The first-order valence-corrected chi connectivity index (χ1v) is 11.9. The van der Waals surface area contributed by atoms with Gasteiger partial charge in [0.2, 0.25) is 15.0 Å². The Hall–Kier alpha value is -2.95. The maximum Gasteiger partial charge on any atom is 0.238 e. The van der Waals surface area contributed by atoms with E-state index in [-0.39, 0.29) is 4.90 Å². The normalized spacial score (nSPS) is 11.7. The molecule has 0 saturated heterocycles. The van der Waals surface area contributed by atoms with Crippen molar-refractivity contribution >= 4 is 26.3 Å². The van der Waals surface area contributed by atoms with E-state index >= 15 is 0 Å². The lowest BCUT2D eigenvalue weighted by molar-refractivity contribution is 0.355. The molecule has 4 rings (SSSR count). The maximum atomic E-state index is 11.4. The lowest BCUT2D eigenvalue weighted by Crippen LogP contribution is -2.11. The van der Waals surface area contributed by atoms with Gasteiger partial charge < -0.3 is 9.47 Å². The Morgan fingerprint density at radius 2 is 1.77 bits per heavy atom. The molecular formula is C21H22N4O4S2. The van der Waals surface area contributed by atoms with Crippen molar-refractivity contribution < 1.29 is 17.9 Å². The largest absolute Gasteiger partial charge is 0.493 e. The summed E-state index contributed by atoms with van der Waals surface area (Å²) in [4.78, 5) is 5.45. The minimum Gasteiger partial charge on any atom is -0.493 e. The Balaban J connectivity index is 1.47. The molecule has 2 aromatic heterocycles. The first-order valence-electron chi connectivity index (χ1n) is 9.56. The van der Waals surface area contributed by atoms with E-state index in [1.165, 1.54) is 12.1 Å². The van der Waals surface area contributed by atoms with Crippen LogP contribution in [0.4, 0.5) is 0 Å². The Morgan fingerprint density at radius 3 is 2.45 bits per heavy atom. The molecule has 0 bridgehead atoms. The fourth-order valence-corrected chi connectivity index (χ4v) is 4.74. The van der Waals surface area contributed by atoms with Gasteiger partial charge in [-0.3, -0.25) is 0 Å². The summed E-state index contributed by atoms with van der Waals surface area (Å²) in [6, 6.07) is 12.4. The lowest BCUT2D eigenvalue weighted by Gasteiger charge is -2.08. The average molecular weight is 459 g/mol. The molecule has 0 amide bonds. The summed E-state index contributed by atoms with van der Waals surface area (Å²) in [5, 5.41) is 10.9. The summed E-state index contributed by atoms with van der Waals surface area (Å²) in [5.41, 5.74) is 2.88. The number of aryl methyl sites for hydroxylation is 2. The van der Waals surface area contributed by atoms with Crippen LogP contribution in [-0.4, -0.2) is 37.2 Å². The summed E-state index contributed by atoms with van der Waals surface area (Å²) in [7, 11) is -0.445. The predicted octanol–water partition coefficient (Wildman–Crippen LogP) is 3.30. The van der Waals surface area contributed by atoms with Crippen molar-refractivity contribution in [3.05, 3.63) is 59.2 Å². The quantitative estimate of drug-likeness (QED) is 0.434. The lowest BCUT2D eigenvalue weighted by atomic mass is 10.1. The second kappa shape index (κ2) is 8.66. The van der Waals surface area contributed by atoms with E-state index in [9.17, 15) is 8.42 Å². The monoisotopic (exact) mass is 458 g/mol. The molecule has 0 aliphatic rings. The number of hydrogen-bond acceptors (Lipinski definition) is 7. The molecule has 0 fully saturated rings. The number of nitrogens with two attached hydrogens (primary N) is 1. The van der Waals surface area contributed by atoms with Crippen molar-refractivity contribution in [2.24, 2.45) is 5.14 Å². The average Bonchev–Trinajstić information content (AvgIpc) is 3.33. The van der Waals surface area contributed by atoms with Crippen LogP contribution in [0.15, 0.2) is 53.6 Å². The van der Waals surface area contributed by atoms with Crippen LogP contribution in [0, 0.1) is 0 Å². The van der Waals surface area contributed by atoms with Gasteiger partial charge >= 0.3 is 0 Å². The Bertz CT molecular complexity index is 1310. The number of benzene rings is 2. The Kier molecular flexibility index (Phi) is 5.94. The zero-order chi connectivity index (χ0) is 22.0. The third kappa shape index (κ3) is 4.55. The standard InChI is InChI=1S/C21H22N4O4S2/c1-28-18-11-8-15(12-19(18)29-2)17-13-23-21-25(17)24-20(30-21)5-3-4-14-6-9-16(10-7-14)31(22,26)27/h6-13H,3-5H2,1-2H3,(H2,22,26,27). The zero-order valence-corrected chi connectivity index (χ0v) is 18.7. The number of primary sulfonamides is 1. The first-order chi connectivity index (χ1) is 14.9. The molecule has 2 aromatic carbocycles. The number of fused-ring (bicyclic) bond motifs is 1. The van der Waals surface area contributed by atoms with E-state index in [4.69, 9.17) is 19.7 Å². The van der Waals surface area contributed by atoms with Gasteiger partial charge in [-0.1, -0.05) is 23.5 Å². The van der Waals surface area contributed by atoms with Crippen molar-refractivity contribution in [1.82, 2.24) is 14.6 Å². The Morgan fingerprint density at radius 1 is 1.03 bits per heavy atom. The molecular weight excluding hydrogens is 436 g/mol. The number of hydrogen-bond donors (Lipinski definition) is 1. The number of rotatable bonds is 8. The van der Waals surface area contributed by atoms with E-state index in [0.29, 0.717) is 11.5 Å². The van der Waals surface area contributed by atoms with Crippen molar-refractivity contribution in [2.45, 2.75) is 24.2 Å². The molecule has 8 nitrogen and oxygen atoms in total. The van der Waals surface area contributed by atoms with Gasteiger partial charge in [0.15, 0.2) is 11.5 Å². The van der Waals surface area contributed by atoms with Crippen molar-refractivity contribution in [3.8, 4) is 22.8 Å². The van der Waals surface area contributed by atoms with Gasteiger partial charge in [0.1, 0.15) is 5.01 Å². The third-order valence-electron chi connectivity index (χ3n) is 4.91. The maximum absolute atomic E-state index is 11.4. The smallest absolute Gasteiger partial charge is 0.238 e. The van der Waals surface area contributed by atoms with Crippen LogP contribution in [0.1, 0.15) is 17.0 Å². The van der Waals surface area contributed by atoms with Crippen LogP contribution >= 0.6 is 11.3 Å². The van der Waals surface area contributed by atoms with Gasteiger partial charge in [-0.15, -0.1) is 0 Å². The highest BCUT2D eigenvalue weighted by Gasteiger charge is 2.14. The van der Waals surface area contributed by atoms with Gasteiger partial charge in [-0.05, 0) is 48.7 Å². The SMILES string of the molecule is COc1ccc(-c2cnc3sc(CCCc4ccc(S(N)(=O)=O)cc4)nn23)cc1OC. The molecule has 0 saturated carbocycles. The number of sulfonamides is 1. The summed E-state index contributed by atoms with van der Waals surface area (Å²) < 4.78 is 35.3. The number of methoxy groups -OCH3 is 2. The van der Waals surface area contributed by atoms with Crippen molar-refractivity contribution in [1.29, 1.82) is 0 Å². The summed E-state index contributed by atoms with van der Waals surface area (Å²) in [5.74, 6) is 1.32. The van der Waals surface area contributed by atoms with Crippen LogP contribution in [0.5, 0.6) is 11.5 Å².